The lowest BCUT2D eigenvalue weighted by atomic mass is 10.0. The maximum atomic E-state index is 13.0. The van der Waals surface area contributed by atoms with Gasteiger partial charge in [0.25, 0.3) is 5.56 Å². The molecule has 0 spiro atoms. The number of thiazole rings is 1. The molecule has 29 heavy (non-hydrogen) atoms. The van der Waals surface area contributed by atoms with E-state index in [1.807, 2.05) is 48.5 Å². The summed E-state index contributed by atoms with van der Waals surface area (Å²) in [6.45, 7) is 0. The fraction of sp³-hybridized carbons (Fsp3) is 0. The summed E-state index contributed by atoms with van der Waals surface area (Å²) in [6, 6.07) is 20.2. The van der Waals surface area contributed by atoms with Crippen LogP contribution in [0.3, 0.4) is 0 Å². The van der Waals surface area contributed by atoms with E-state index in [9.17, 15) is 9.18 Å². The van der Waals surface area contributed by atoms with Gasteiger partial charge < -0.3 is 0 Å². The normalized spacial score (nSPS) is 12.5. The van der Waals surface area contributed by atoms with Gasteiger partial charge in [0.15, 0.2) is 5.82 Å². The van der Waals surface area contributed by atoms with Gasteiger partial charge in [-0.3, -0.25) is 4.79 Å². The maximum Gasteiger partial charge on any atom is 0.291 e. The number of hydrogen-bond donors (Lipinski definition) is 0. The van der Waals surface area contributed by atoms with E-state index in [0.29, 0.717) is 15.3 Å². The Bertz CT molecular complexity index is 1480. The van der Waals surface area contributed by atoms with Crippen LogP contribution in [0.2, 0.25) is 0 Å². The SMILES string of the molecule is O=c1c(=Cc2cccc3ccccc23)sc2nc(C=Cc3ccc(F)cc3)nn12. The molecule has 5 rings (SSSR count). The highest BCUT2D eigenvalue weighted by atomic mass is 32.1. The molecule has 3 aromatic carbocycles. The zero-order chi connectivity index (χ0) is 19.8. The fourth-order valence-corrected chi connectivity index (χ4v) is 4.09. The second-order valence-electron chi connectivity index (χ2n) is 6.53. The summed E-state index contributed by atoms with van der Waals surface area (Å²) in [4.78, 5) is 17.7. The summed E-state index contributed by atoms with van der Waals surface area (Å²) in [5, 5.41) is 6.51. The first-order valence-electron chi connectivity index (χ1n) is 9.00. The molecule has 2 heterocycles. The molecular formula is C23H14FN3OS. The minimum Gasteiger partial charge on any atom is -0.266 e. The van der Waals surface area contributed by atoms with E-state index in [-0.39, 0.29) is 11.4 Å². The van der Waals surface area contributed by atoms with Gasteiger partial charge in [-0.15, -0.1) is 5.10 Å². The third kappa shape index (κ3) is 3.34. The zero-order valence-corrected chi connectivity index (χ0v) is 15.9. The molecule has 0 saturated carbocycles. The molecule has 0 atom stereocenters. The first-order valence-corrected chi connectivity index (χ1v) is 9.82. The molecule has 0 bridgehead atoms. The van der Waals surface area contributed by atoms with Crippen molar-refractivity contribution in [3.8, 4) is 0 Å². The van der Waals surface area contributed by atoms with Gasteiger partial charge in [0, 0.05) is 0 Å². The van der Waals surface area contributed by atoms with E-state index in [1.165, 1.54) is 28.0 Å². The number of fused-ring (bicyclic) bond motifs is 2. The van der Waals surface area contributed by atoms with E-state index >= 15 is 0 Å². The highest BCUT2D eigenvalue weighted by Gasteiger charge is 2.09. The number of benzene rings is 3. The van der Waals surface area contributed by atoms with Crippen LogP contribution in [0, 0.1) is 5.82 Å². The number of halogens is 1. The summed E-state index contributed by atoms with van der Waals surface area (Å²) in [7, 11) is 0. The van der Waals surface area contributed by atoms with Gasteiger partial charge in [-0.2, -0.15) is 9.50 Å². The topological polar surface area (TPSA) is 47.3 Å². The van der Waals surface area contributed by atoms with Crippen molar-refractivity contribution in [3.63, 3.8) is 0 Å². The monoisotopic (exact) mass is 399 g/mol. The van der Waals surface area contributed by atoms with Crippen LogP contribution in [0.4, 0.5) is 4.39 Å². The molecule has 140 valence electrons. The number of hydrogen-bond acceptors (Lipinski definition) is 4. The summed E-state index contributed by atoms with van der Waals surface area (Å²) >= 11 is 1.31. The molecule has 0 unspecified atom stereocenters. The number of nitrogens with zero attached hydrogens (tertiary/aromatic N) is 3. The van der Waals surface area contributed by atoms with Gasteiger partial charge in [-0.05, 0) is 46.2 Å². The van der Waals surface area contributed by atoms with Gasteiger partial charge in [0.2, 0.25) is 4.96 Å². The molecule has 4 nitrogen and oxygen atoms in total. The minimum absolute atomic E-state index is 0.188. The van der Waals surface area contributed by atoms with Crippen LogP contribution >= 0.6 is 11.3 Å². The predicted octanol–water partition coefficient (Wildman–Crippen LogP) is 4.16. The smallest absolute Gasteiger partial charge is 0.266 e. The average molecular weight is 399 g/mol. The van der Waals surface area contributed by atoms with E-state index in [4.69, 9.17) is 0 Å². The van der Waals surface area contributed by atoms with Crippen LogP contribution in [0.1, 0.15) is 17.0 Å². The second-order valence-corrected chi connectivity index (χ2v) is 7.54. The van der Waals surface area contributed by atoms with E-state index in [2.05, 4.69) is 10.1 Å². The molecular weight excluding hydrogens is 385 g/mol. The van der Waals surface area contributed by atoms with Crippen molar-refractivity contribution in [1.82, 2.24) is 14.6 Å². The highest BCUT2D eigenvalue weighted by Crippen LogP contribution is 2.19. The van der Waals surface area contributed by atoms with Crippen molar-refractivity contribution in [2.75, 3.05) is 0 Å². The Balaban J connectivity index is 1.53. The third-order valence-corrected chi connectivity index (χ3v) is 5.56. The van der Waals surface area contributed by atoms with Crippen molar-refractivity contribution in [2.45, 2.75) is 0 Å². The molecule has 2 aromatic heterocycles. The molecule has 0 fully saturated rings. The van der Waals surface area contributed by atoms with Crippen LogP contribution in [0.15, 0.2) is 71.5 Å². The molecule has 6 heteroatoms. The van der Waals surface area contributed by atoms with Gasteiger partial charge in [0.1, 0.15) is 5.82 Å². The predicted molar refractivity (Wildman–Crippen MR) is 115 cm³/mol. The van der Waals surface area contributed by atoms with Gasteiger partial charge >= 0.3 is 0 Å². The molecule has 0 saturated heterocycles. The Morgan fingerprint density at radius 1 is 0.931 bits per heavy atom. The third-order valence-electron chi connectivity index (χ3n) is 4.60. The molecule has 5 aromatic rings. The van der Waals surface area contributed by atoms with Crippen LogP contribution in [-0.4, -0.2) is 14.6 Å². The van der Waals surface area contributed by atoms with Gasteiger partial charge in [0.05, 0.1) is 4.53 Å². The largest absolute Gasteiger partial charge is 0.291 e. The van der Waals surface area contributed by atoms with Crippen molar-refractivity contribution >= 4 is 45.3 Å². The van der Waals surface area contributed by atoms with Crippen LogP contribution in [0.25, 0.3) is 34.0 Å². The zero-order valence-electron chi connectivity index (χ0n) is 15.1. The van der Waals surface area contributed by atoms with E-state index in [0.717, 1.165) is 21.9 Å². The Morgan fingerprint density at radius 2 is 1.72 bits per heavy atom. The first-order chi connectivity index (χ1) is 14.2. The van der Waals surface area contributed by atoms with Crippen molar-refractivity contribution < 1.29 is 4.39 Å². The highest BCUT2D eigenvalue weighted by molar-refractivity contribution is 7.15. The second kappa shape index (κ2) is 7.07. The summed E-state index contributed by atoms with van der Waals surface area (Å²) in [6.07, 6.45) is 5.38. The van der Waals surface area contributed by atoms with Crippen LogP contribution < -0.4 is 10.1 Å². The van der Waals surface area contributed by atoms with Crippen molar-refractivity contribution in [3.05, 3.63) is 104 Å². The van der Waals surface area contributed by atoms with Gasteiger partial charge in [-0.1, -0.05) is 72.0 Å². The van der Waals surface area contributed by atoms with Crippen LogP contribution in [-0.2, 0) is 0 Å². The Hall–Kier alpha value is -3.64. The first kappa shape index (κ1) is 17.5. The van der Waals surface area contributed by atoms with Crippen LogP contribution in [0.5, 0.6) is 0 Å². The molecule has 0 aliphatic rings. The number of aromatic nitrogens is 3. The molecule has 0 aliphatic carbocycles. The van der Waals surface area contributed by atoms with Gasteiger partial charge in [-0.25, -0.2) is 4.39 Å². The lowest BCUT2D eigenvalue weighted by molar-refractivity contribution is 0.628. The standard InChI is InChI=1S/C23H14FN3OS/c24-18-11-8-15(9-12-18)10-13-21-25-23-27(26-21)22(28)20(29-23)14-17-6-3-5-16-4-1-2-7-19(16)17/h1-14H. The van der Waals surface area contributed by atoms with E-state index in [1.54, 1.807) is 24.3 Å². The average Bonchev–Trinajstić information content (AvgIpc) is 3.27. The Morgan fingerprint density at radius 3 is 2.55 bits per heavy atom. The summed E-state index contributed by atoms with van der Waals surface area (Å²) in [5.41, 5.74) is 1.63. The summed E-state index contributed by atoms with van der Waals surface area (Å²) < 4.78 is 14.9. The lowest BCUT2D eigenvalue weighted by Crippen LogP contribution is -2.23. The van der Waals surface area contributed by atoms with E-state index < -0.39 is 0 Å². The molecule has 0 radical (unpaired) electrons. The Labute approximate surface area is 168 Å². The maximum absolute atomic E-state index is 13.0. The summed E-state index contributed by atoms with van der Waals surface area (Å²) in [5.74, 6) is 0.156. The molecule has 0 N–H and O–H groups in total. The van der Waals surface area contributed by atoms with Crippen molar-refractivity contribution in [1.29, 1.82) is 0 Å². The Kier molecular flexibility index (Phi) is 4.26. The lowest BCUT2D eigenvalue weighted by Gasteiger charge is -2.00. The van der Waals surface area contributed by atoms with Crippen molar-refractivity contribution in [2.24, 2.45) is 0 Å². The quantitative estimate of drug-likeness (QED) is 0.458. The minimum atomic E-state index is -0.284. The molecule has 0 aliphatic heterocycles. The fourth-order valence-electron chi connectivity index (χ4n) is 3.18. The number of rotatable bonds is 3. The molecule has 0 amide bonds.